The van der Waals surface area contributed by atoms with Crippen molar-refractivity contribution < 1.29 is 22.5 Å². The molecule has 0 saturated heterocycles. The van der Waals surface area contributed by atoms with E-state index in [1.54, 1.807) is 0 Å². The molecule has 7 nitrogen and oxygen atoms in total. The van der Waals surface area contributed by atoms with Gasteiger partial charge in [-0.05, 0) is 17.7 Å². The lowest BCUT2D eigenvalue weighted by atomic mass is 10.1. The predicted octanol–water partition coefficient (Wildman–Crippen LogP) is 2.74. The molecule has 0 spiro atoms. The number of alkyl halides is 3. The van der Waals surface area contributed by atoms with Gasteiger partial charge in [-0.2, -0.15) is 18.2 Å². The first-order valence-electron chi connectivity index (χ1n) is 6.05. The molecule has 0 atom stereocenters. The summed E-state index contributed by atoms with van der Waals surface area (Å²) in [4.78, 5) is 16.9. The maximum absolute atomic E-state index is 13.0. The number of benzene rings is 1. The molecule has 11 heteroatoms. The van der Waals surface area contributed by atoms with E-state index in [0.717, 1.165) is 18.3 Å². The van der Waals surface area contributed by atoms with Crippen molar-refractivity contribution in [3.63, 3.8) is 0 Å². The maximum Gasteiger partial charge on any atom is 0.416 e. The second-order valence-corrected chi connectivity index (χ2v) is 4.37. The highest BCUT2D eigenvalue weighted by molar-refractivity contribution is 5.53. The number of anilines is 2. The minimum Gasteiger partial charge on any atom is -0.378 e. The molecule has 23 heavy (non-hydrogen) atoms. The van der Waals surface area contributed by atoms with E-state index in [-0.39, 0.29) is 18.1 Å². The lowest BCUT2D eigenvalue weighted by molar-refractivity contribution is -0.384. The summed E-state index contributed by atoms with van der Waals surface area (Å²) in [5.41, 5.74) is 3.45. The second-order valence-electron chi connectivity index (χ2n) is 4.37. The van der Waals surface area contributed by atoms with E-state index in [9.17, 15) is 27.7 Å². The average Bonchev–Trinajstić information content (AvgIpc) is 2.44. The van der Waals surface area contributed by atoms with E-state index < -0.39 is 34.0 Å². The Hall–Kier alpha value is -2.98. The van der Waals surface area contributed by atoms with Gasteiger partial charge >= 0.3 is 11.9 Å². The Bertz CT molecular complexity index is 751. The van der Waals surface area contributed by atoms with Crippen LogP contribution >= 0.6 is 0 Å². The van der Waals surface area contributed by atoms with Crippen molar-refractivity contribution in [3.8, 4) is 0 Å². The summed E-state index contributed by atoms with van der Waals surface area (Å²) in [6.07, 6.45) is -3.89. The average molecular weight is 331 g/mol. The molecule has 2 rings (SSSR count). The van der Waals surface area contributed by atoms with E-state index in [0.29, 0.717) is 6.07 Å². The topological polar surface area (TPSA) is 107 Å². The van der Waals surface area contributed by atoms with Crippen LogP contribution in [0.3, 0.4) is 0 Å². The third-order valence-corrected chi connectivity index (χ3v) is 2.81. The van der Waals surface area contributed by atoms with E-state index in [1.807, 2.05) is 0 Å². The van der Waals surface area contributed by atoms with Gasteiger partial charge in [0.1, 0.15) is 12.0 Å². The van der Waals surface area contributed by atoms with E-state index in [2.05, 4.69) is 15.3 Å². The fraction of sp³-hybridized carbons (Fsp3) is 0.167. The van der Waals surface area contributed by atoms with E-state index >= 15 is 0 Å². The normalized spacial score (nSPS) is 11.3. The number of hydrogen-bond donors (Lipinski definition) is 2. The smallest absolute Gasteiger partial charge is 0.378 e. The zero-order valence-corrected chi connectivity index (χ0v) is 11.3. The van der Waals surface area contributed by atoms with Gasteiger partial charge in [-0.15, -0.1) is 0 Å². The van der Waals surface area contributed by atoms with Crippen LogP contribution in [0.25, 0.3) is 0 Å². The number of rotatable bonds is 4. The second kappa shape index (κ2) is 6.02. The SMILES string of the molecule is Nc1nc(NCc2ccc(F)cc2C(F)(F)F)ncc1[N+](=O)[O-]. The molecular formula is C12H9F4N5O2. The molecule has 3 N–H and O–H groups in total. The third kappa shape index (κ3) is 3.81. The molecule has 0 aliphatic rings. The van der Waals surface area contributed by atoms with Crippen LogP contribution in [0.1, 0.15) is 11.1 Å². The Balaban J connectivity index is 2.22. The van der Waals surface area contributed by atoms with Crippen molar-refractivity contribution in [2.45, 2.75) is 12.7 Å². The van der Waals surface area contributed by atoms with Crippen molar-refractivity contribution in [1.82, 2.24) is 9.97 Å². The summed E-state index contributed by atoms with van der Waals surface area (Å²) < 4.78 is 51.5. The van der Waals surface area contributed by atoms with E-state index in [1.165, 1.54) is 0 Å². The Labute approximate surface area is 126 Å². The number of halogens is 4. The number of nitrogens with one attached hydrogen (secondary N) is 1. The largest absolute Gasteiger partial charge is 0.416 e. The van der Waals surface area contributed by atoms with Gasteiger partial charge in [0.25, 0.3) is 0 Å². The van der Waals surface area contributed by atoms with Crippen LogP contribution in [0.4, 0.5) is 35.0 Å². The highest BCUT2D eigenvalue weighted by Gasteiger charge is 2.33. The van der Waals surface area contributed by atoms with Crippen molar-refractivity contribution in [3.05, 3.63) is 51.5 Å². The Morgan fingerprint density at radius 3 is 2.61 bits per heavy atom. The van der Waals surface area contributed by atoms with Crippen molar-refractivity contribution in [1.29, 1.82) is 0 Å². The molecule has 1 aromatic heterocycles. The zero-order valence-electron chi connectivity index (χ0n) is 11.3. The lowest BCUT2D eigenvalue weighted by Gasteiger charge is -2.13. The molecule has 1 heterocycles. The molecule has 0 fully saturated rings. The Morgan fingerprint density at radius 2 is 2.04 bits per heavy atom. The number of nitrogen functional groups attached to an aromatic ring is 1. The molecule has 0 saturated carbocycles. The fourth-order valence-electron chi connectivity index (χ4n) is 1.76. The van der Waals surface area contributed by atoms with Gasteiger partial charge < -0.3 is 11.1 Å². The minimum absolute atomic E-state index is 0.189. The molecule has 0 unspecified atom stereocenters. The standard InChI is InChI=1S/C12H9F4N5O2/c13-7-2-1-6(8(3-7)12(14,15)16)4-18-11-19-5-9(21(22)23)10(17)20-11/h1-3,5H,4H2,(H3,17,18,19,20). The highest BCUT2D eigenvalue weighted by Crippen LogP contribution is 2.32. The third-order valence-electron chi connectivity index (χ3n) is 2.81. The molecular weight excluding hydrogens is 322 g/mol. The fourth-order valence-corrected chi connectivity index (χ4v) is 1.76. The summed E-state index contributed by atoms with van der Waals surface area (Å²) >= 11 is 0. The monoisotopic (exact) mass is 331 g/mol. The Kier molecular flexibility index (Phi) is 4.29. The van der Waals surface area contributed by atoms with E-state index in [4.69, 9.17) is 5.73 Å². The van der Waals surface area contributed by atoms with Crippen LogP contribution in [-0.4, -0.2) is 14.9 Å². The predicted molar refractivity (Wildman–Crippen MR) is 71.8 cm³/mol. The zero-order chi connectivity index (χ0) is 17.2. The first-order valence-corrected chi connectivity index (χ1v) is 6.05. The first kappa shape index (κ1) is 16.4. The van der Waals surface area contributed by atoms with Crippen molar-refractivity contribution in [2.24, 2.45) is 0 Å². The Morgan fingerprint density at radius 1 is 1.35 bits per heavy atom. The van der Waals surface area contributed by atoms with Gasteiger partial charge in [-0.3, -0.25) is 10.1 Å². The molecule has 2 aromatic rings. The summed E-state index contributed by atoms with van der Waals surface area (Å²) in [5, 5.41) is 13.0. The number of nitro groups is 1. The minimum atomic E-state index is -4.73. The maximum atomic E-state index is 13.0. The quantitative estimate of drug-likeness (QED) is 0.507. The van der Waals surface area contributed by atoms with Crippen LogP contribution in [0.5, 0.6) is 0 Å². The molecule has 0 bridgehead atoms. The summed E-state index contributed by atoms with van der Waals surface area (Å²) in [5.74, 6) is -1.63. The number of nitrogens with zero attached hydrogens (tertiary/aromatic N) is 3. The number of nitrogens with two attached hydrogens (primary N) is 1. The van der Waals surface area contributed by atoms with Crippen molar-refractivity contribution in [2.75, 3.05) is 11.1 Å². The van der Waals surface area contributed by atoms with Crippen molar-refractivity contribution >= 4 is 17.5 Å². The summed E-state index contributed by atoms with van der Waals surface area (Å²) in [6, 6.07) is 2.24. The van der Waals surface area contributed by atoms with Gasteiger partial charge in [0.15, 0.2) is 0 Å². The van der Waals surface area contributed by atoms with Gasteiger partial charge in [-0.1, -0.05) is 6.07 Å². The molecule has 0 amide bonds. The molecule has 0 aliphatic heterocycles. The molecule has 1 aromatic carbocycles. The van der Waals surface area contributed by atoms with Crippen LogP contribution in [0.15, 0.2) is 24.4 Å². The number of hydrogen-bond acceptors (Lipinski definition) is 6. The molecule has 0 aliphatic carbocycles. The lowest BCUT2D eigenvalue weighted by Crippen LogP contribution is -2.13. The summed E-state index contributed by atoms with van der Waals surface area (Å²) in [7, 11) is 0. The van der Waals surface area contributed by atoms with Crippen LogP contribution in [0.2, 0.25) is 0 Å². The molecule has 0 radical (unpaired) electrons. The van der Waals surface area contributed by atoms with Crippen LogP contribution in [0, 0.1) is 15.9 Å². The summed E-state index contributed by atoms with van der Waals surface area (Å²) in [6.45, 7) is -0.369. The highest BCUT2D eigenvalue weighted by atomic mass is 19.4. The van der Waals surface area contributed by atoms with Crippen LogP contribution in [-0.2, 0) is 12.7 Å². The first-order chi connectivity index (χ1) is 10.7. The number of aromatic nitrogens is 2. The van der Waals surface area contributed by atoms with Gasteiger partial charge in [0.05, 0.1) is 10.5 Å². The van der Waals surface area contributed by atoms with Gasteiger partial charge in [0, 0.05) is 6.54 Å². The van der Waals surface area contributed by atoms with Crippen LogP contribution < -0.4 is 11.1 Å². The molecule has 122 valence electrons. The van der Waals surface area contributed by atoms with Gasteiger partial charge in [0.2, 0.25) is 11.8 Å². The van der Waals surface area contributed by atoms with Gasteiger partial charge in [-0.25, -0.2) is 9.37 Å².